The van der Waals surface area contributed by atoms with Gasteiger partial charge in [0.2, 0.25) is 0 Å². The maximum absolute atomic E-state index is 10.6. The lowest BCUT2D eigenvalue weighted by molar-refractivity contribution is -0.384. The summed E-state index contributed by atoms with van der Waals surface area (Å²) in [6, 6.07) is 14.6. The van der Waals surface area contributed by atoms with Crippen molar-refractivity contribution in [2.24, 2.45) is 10.3 Å². The fraction of sp³-hybridized carbons (Fsp3) is 0.333. The second kappa shape index (κ2) is 7.85. The molecule has 0 unspecified atom stereocenters. The van der Waals surface area contributed by atoms with E-state index in [9.17, 15) is 10.1 Å². The van der Waals surface area contributed by atoms with E-state index in [2.05, 4.69) is 46.4 Å². The highest BCUT2D eigenvalue weighted by Crippen LogP contribution is 2.19. The first-order chi connectivity index (χ1) is 12.1. The number of nitrogens with zero attached hydrogens (tertiary/aromatic N) is 5. The van der Waals surface area contributed by atoms with Gasteiger partial charge in [0.25, 0.3) is 5.69 Å². The maximum Gasteiger partial charge on any atom is 0.269 e. The van der Waals surface area contributed by atoms with Crippen LogP contribution in [0.25, 0.3) is 0 Å². The molecule has 1 aliphatic rings. The molecule has 1 heterocycles. The number of rotatable bonds is 5. The van der Waals surface area contributed by atoms with Gasteiger partial charge in [0.1, 0.15) is 0 Å². The minimum absolute atomic E-state index is 0.0590. The lowest BCUT2D eigenvalue weighted by Crippen LogP contribution is -2.43. The molecule has 1 aliphatic heterocycles. The third-order valence-electron chi connectivity index (χ3n) is 4.35. The molecule has 1 fully saturated rings. The van der Waals surface area contributed by atoms with Gasteiger partial charge in [0.15, 0.2) is 0 Å². The van der Waals surface area contributed by atoms with E-state index in [0.29, 0.717) is 5.69 Å². The monoisotopic (exact) mass is 339 g/mol. The van der Waals surface area contributed by atoms with E-state index in [4.69, 9.17) is 0 Å². The summed E-state index contributed by atoms with van der Waals surface area (Å²) in [5.41, 5.74) is 3.36. The quantitative estimate of drug-likeness (QED) is 0.473. The summed E-state index contributed by atoms with van der Waals surface area (Å²) in [7, 11) is 0. The molecular weight excluding hydrogens is 318 g/mol. The zero-order valence-electron chi connectivity index (χ0n) is 14.2. The fourth-order valence-electron chi connectivity index (χ4n) is 2.77. The Morgan fingerprint density at radius 1 is 1.04 bits per heavy atom. The van der Waals surface area contributed by atoms with Crippen LogP contribution in [0.2, 0.25) is 0 Å². The Hall–Kier alpha value is -2.80. The molecule has 0 N–H and O–H groups in total. The smallest absolute Gasteiger partial charge is 0.269 e. The third kappa shape index (κ3) is 4.60. The highest BCUT2D eigenvalue weighted by molar-refractivity contribution is 5.43. The summed E-state index contributed by atoms with van der Waals surface area (Å²) in [6.07, 6.45) is 0. The number of hydrogen-bond acceptors (Lipinski definition) is 5. The molecule has 2 aromatic rings. The van der Waals surface area contributed by atoms with E-state index in [-0.39, 0.29) is 5.69 Å². The Kier molecular flexibility index (Phi) is 5.35. The normalized spacial score (nSPS) is 15.6. The first-order valence-electron chi connectivity index (χ1n) is 8.30. The van der Waals surface area contributed by atoms with E-state index in [1.54, 1.807) is 12.1 Å². The molecule has 3 rings (SSSR count). The zero-order chi connectivity index (χ0) is 17.6. The van der Waals surface area contributed by atoms with Crippen LogP contribution in [0.1, 0.15) is 11.1 Å². The van der Waals surface area contributed by atoms with Gasteiger partial charge < -0.3 is 0 Å². The second-order valence-electron chi connectivity index (χ2n) is 6.12. The minimum Gasteiger partial charge on any atom is -0.295 e. The summed E-state index contributed by atoms with van der Waals surface area (Å²) in [5, 5.41) is 21.0. The van der Waals surface area contributed by atoms with Crippen LogP contribution in [-0.4, -0.2) is 41.0 Å². The number of aryl methyl sites for hydroxylation is 1. The molecule has 1 saturated heterocycles. The molecule has 0 bridgehead atoms. The van der Waals surface area contributed by atoms with E-state index < -0.39 is 4.92 Å². The number of benzene rings is 2. The first kappa shape index (κ1) is 17.0. The molecule has 130 valence electrons. The van der Waals surface area contributed by atoms with Crippen LogP contribution in [-0.2, 0) is 6.54 Å². The SMILES string of the molecule is Cc1ccccc1CN1CCN(N=Nc2ccc([N+](=O)[O-])cc2)CC1. The third-order valence-corrected chi connectivity index (χ3v) is 4.35. The summed E-state index contributed by atoms with van der Waals surface area (Å²) in [5.74, 6) is 0. The molecule has 0 spiro atoms. The average Bonchev–Trinajstić information content (AvgIpc) is 2.63. The van der Waals surface area contributed by atoms with Crippen LogP contribution < -0.4 is 0 Å². The zero-order valence-corrected chi connectivity index (χ0v) is 14.2. The average molecular weight is 339 g/mol. The topological polar surface area (TPSA) is 74.3 Å². The van der Waals surface area contributed by atoms with Crippen molar-refractivity contribution in [1.82, 2.24) is 9.91 Å². The van der Waals surface area contributed by atoms with Crippen LogP contribution in [0.5, 0.6) is 0 Å². The molecule has 0 amide bonds. The minimum atomic E-state index is -0.422. The van der Waals surface area contributed by atoms with Crippen LogP contribution in [0.4, 0.5) is 11.4 Å². The van der Waals surface area contributed by atoms with Crippen molar-refractivity contribution in [2.75, 3.05) is 26.2 Å². The largest absolute Gasteiger partial charge is 0.295 e. The van der Waals surface area contributed by atoms with Crippen LogP contribution in [0.3, 0.4) is 0 Å². The Bertz CT molecular complexity index is 752. The molecule has 0 radical (unpaired) electrons. The molecule has 0 aliphatic carbocycles. The van der Waals surface area contributed by atoms with Gasteiger partial charge >= 0.3 is 0 Å². The van der Waals surface area contributed by atoms with Crippen molar-refractivity contribution in [2.45, 2.75) is 13.5 Å². The van der Waals surface area contributed by atoms with Gasteiger partial charge in [-0.2, -0.15) is 0 Å². The maximum atomic E-state index is 10.6. The number of nitro benzene ring substituents is 1. The van der Waals surface area contributed by atoms with E-state index in [1.165, 1.54) is 23.3 Å². The van der Waals surface area contributed by atoms with Crippen molar-refractivity contribution >= 4 is 11.4 Å². The Morgan fingerprint density at radius 3 is 2.36 bits per heavy atom. The standard InChI is InChI=1S/C18H21N5O2/c1-15-4-2-3-5-16(15)14-21-10-12-22(13-11-21)20-19-17-6-8-18(9-7-17)23(24)25/h2-9H,10-14H2,1H3. The molecule has 7 heteroatoms. The predicted octanol–water partition coefficient (Wildman–Crippen LogP) is 3.72. The van der Waals surface area contributed by atoms with Crippen molar-refractivity contribution in [3.63, 3.8) is 0 Å². The second-order valence-corrected chi connectivity index (χ2v) is 6.12. The van der Waals surface area contributed by atoms with Gasteiger partial charge in [-0.15, -0.1) is 5.11 Å². The number of nitro groups is 1. The molecule has 2 aromatic carbocycles. The van der Waals surface area contributed by atoms with Crippen molar-refractivity contribution in [3.8, 4) is 0 Å². The number of hydrogen-bond donors (Lipinski definition) is 0. The van der Waals surface area contributed by atoms with Crippen LogP contribution in [0.15, 0.2) is 58.9 Å². The van der Waals surface area contributed by atoms with Gasteiger partial charge in [-0.1, -0.05) is 29.5 Å². The highest BCUT2D eigenvalue weighted by Gasteiger charge is 2.16. The molecule has 0 saturated carbocycles. The molecule has 0 aromatic heterocycles. The predicted molar refractivity (Wildman–Crippen MR) is 95.6 cm³/mol. The molecule has 0 atom stereocenters. The number of piperazine rings is 1. The van der Waals surface area contributed by atoms with Crippen molar-refractivity contribution in [1.29, 1.82) is 0 Å². The Balaban J connectivity index is 1.50. The van der Waals surface area contributed by atoms with Crippen LogP contribution in [0, 0.1) is 17.0 Å². The molecule has 7 nitrogen and oxygen atoms in total. The first-order valence-corrected chi connectivity index (χ1v) is 8.30. The van der Waals surface area contributed by atoms with Crippen molar-refractivity contribution in [3.05, 3.63) is 69.8 Å². The molecule has 25 heavy (non-hydrogen) atoms. The highest BCUT2D eigenvalue weighted by atomic mass is 16.6. The van der Waals surface area contributed by atoms with E-state index >= 15 is 0 Å². The number of non-ortho nitro benzene ring substituents is 1. The summed E-state index contributed by atoms with van der Waals surface area (Å²) in [4.78, 5) is 12.6. The Morgan fingerprint density at radius 2 is 1.72 bits per heavy atom. The van der Waals surface area contributed by atoms with Gasteiger partial charge in [0, 0.05) is 31.8 Å². The van der Waals surface area contributed by atoms with Crippen molar-refractivity contribution < 1.29 is 4.92 Å². The molecular formula is C18H21N5O2. The summed E-state index contributed by atoms with van der Waals surface area (Å²) < 4.78 is 0. The van der Waals surface area contributed by atoms with Gasteiger partial charge in [-0.25, -0.2) is 0 Å². The van der Waals surface area contributed by atoms with Gasteiger partial charge in [-0.3, -0.25) is 20.0 Å². The summed E-state index contributed by atoms with van der Waals surface area (Å²) >= 11 is 0. The fourth-order valence-corrected chi connectivity index (χ4v) is 2.77. The lowest BCUT2D eigenvalue weighted by atomic mass is 10.1. The lowest BCUT2D eigenvalue weighted by Gasteiger charge is -2.32. The Labute approximate surface area is 146 Å². The van der Waals surface area contributed by atoms with E-state index in [0.717, 1.165) is 32.7 Å². The summed E-state index contributed by atoms with van der Waals surface area (Å²) in [6.45, 7) is 6.62. The van der Waals surface area contributed by atoms with Gasteiger partial charge in [-0.05, 0) is 30.2 Å². The van der Waals surface area contributed by atoms with E-state index in [1.807, 2.05) is 5.01 Å². The van der Waals surface area contributed by atoms with Crippen LogP contribution >= 0.6 is 0 Å². The van der Waals surface area contributed by atoms with Gasteiger partial charge in [0.05, 0.1) is 23.7 Å².